The van der Waals surface area contributed by atoms with E-state index in [2.05, 4.69) is 0 Å². The first-order valence-electron chi connectivity index (χ1n) is 8.28. The van der Waals surface area contributed by atoms with Crippen molar-refractivity contribution in [3.05, 3.63) is 57.6 Å². The molecule has 2 aliphatic rings. The van der Waals surface area contributed by atoms with E-state index in [9.17, 15) is 15.0 Å². The van der Waals surface area contributed by atoms with Gasteiger partial charge >= 0.3 is 6.16 Å². The molecule has 2 N–H and O–H groups in total. The van der Waals surface area contributed by atoms with Crippen LogP contribution in [0.25, 0.3) is 0 Å². The number of aromatic hydroxyl groups is 2. The Bertz CT molecular complexity index is 836. The van der Waals surface area contributed by atoms with Gasteiger partial charge in [0.15, 0.2) is 0 Å². The van der Waals surface area contributed by atoms with Crippen molar-refractivity contribution in [2.75, 3.05) is 0 Å². The molecular formula is C19H16Cl2O5. The predicted octanol–water partition coefficient (Wildman–Crippen LogP) is 5.13. The second kappa shape index (κ2) is 5.96. The van der Waals surface area contributed by atoms with E-state index < -0.39 is 17.4 Å². The van der Waals surface area contributed by atoms with Crippen molar-refractivity contribution in [1.82, 2.24) is 0 Å². The molecule has 4 rings (SSSR count). The van der Waals surface area contributed by atoms with Crippen LogP contribution in [-0.2, 0) is 14.9 Å². The summed E-state index contributed by atoms with van der Waals surface area (Å²) >= 11 is 12.3. The number of rotatable bonds is 2. The summed E-state index contributed by atoms with van der Waals surface area (Å²) in [6.07, 6.45) is 2.15. The molecule has 0 amide bonds. The monoisotopic (exact) mass is 394 g/mol. The summed E-state index contributed by atoms with van der Waals surface area (Å²) in [7, 11) is 0. The Morgan fingerprint density at radius 1 is 0.846 bits per heavy atom. The standard InChI is InChI=1S/C19H16Cl2O5/c20-13-9-11(3-5-15(13)22)18(12-4-6-16(23)14(21)10-12)7-1-2-8-19(18)25-17(24)26-19/h3-6,9-10,22-23H,1-2,7-8H2. The van der Waals surface area contributed by atoms with Crippen LogP contribution < -0.4 is 0 Å². The van der Waals surface area contributed by atoms with Crippen LogP contribution in [0.4, 0.5) is 4.79 Å². The molecule has 0 atom stereocenters. The third-order valence-corrected chi connectivity index (χ3v) is 5.94. The van der Waals surface area contributed by atoms with Gasteiger partial charge in [-0.1, -0.05) is 41.8 Å². The second-order valence-corrected chi connectivity index (χ2v) is 7.47. The summed E-state index contributed by atoms with van der Waals surface area (Å²) in [5.74, 6) is -1.24. The van der Waals surface area contributed by atoms with Crippen molar-refractivity contribution in [3.8, 4) is 11.5 Å². The van der Waals surface area contributed by atoms with Gasteiger partial charge in [-0.2, -0.15) is 0 Å². The maximum Gasteiger partial charge on any atom is 0.515 e. The van der Waals surface area contributed by atoms with Crippen LogP contribution in [0.1, 0.15) is 36.8 Å². The number of phenols is 2. The summed E-state index contributed by atoms with van der Waals surface area (Å²) in [6, 6.07) is 9.80. The molecule has 136 valence electrons. The fraction of sp³-hybridized carbons (Fsp3) is 0.316. The summed E-state index contributed by atoms with van der Waals surface area (Å²) in [6.45, 7) is 0. The Hall–Kier alpha value is -2.11. The Morgan fingerprint density at radius 3 is 1.81 bits per heavy atom. The molecule has 1 saturated carbocycles. The van der Waals surface area contributed by atoms with E-state index in [4.69, 9.17) is 32.7 Å². The molecule has 1 spiro atoms. The van der Waals surface area contributed by atoms with E-state index in [1.165, 1.54) is 12.1 Å². The van der Waals surface area contributed by atoms with E-state index in [1.807, 2.05) is 0 Å². The van der Waals surface area contributed by atoms with Gasteiger partial charge in [-0.25, -0.2) is 4.79 Å². The Morgan fingerprint density at radius 2 is 1.35 bits per heavy atom. The van der Waals surface area contributed by atoms with Gasteiger partial charge in [0, 0.05) is 6.42 Å². The normalized spacial score (nSPS) is 20.2. The molecule has 0 radical (unpaired) electrons. The minimum atomic E-state index is -1.16. The average molecular weight is 395 g/mol. The fourth-order valence-corrected chi connectivity index (χ4v) is 4.51. The summed E-state index contributed by atoms with van der Waals surface area (Å²) < 4.78 is 11.1. The van der Waals surface area contributed by atoms with Gasteiger partial charge in [0.1, 0.15) is 11.5 Å². The van der Waals surface area contributed by atoms with Gasteiger partial charge in [-0.05, 0) is 48.2 Å². The molecule has 1 aliphatic carbocycles. The second-order valence-electron chi connectivity index (χ2n) is 6.65. The number of hydrogen-bond donors (Lipinski definition) is 2. The molecule has 0 bridgehead atoms. The molecule has 0 aromatic heterocycles. The molecule has 1 aliphatic heterocycles. The zero-order valence-corrected chi connectivity index (χ0v) is 15.2. The SMILES string of the molecule is O=C1OC2(CCCCC2(c2ccc(O)c(Cl)c2)c2ccc(O)c(Cl)c2)O1. The van der Waals surface area contributed by atoms with Crippen molar-refractivity contribution < 1.29 is 24.5 Å². The predicted molar refractivity (Wildman–Crippen MR) is 95.8 cm³/mol. The summed E-state index contributed by atoms with van der Waals surface area (Å²) in [5, 5.41) is 20.0. The molecule has 2 fully saturated rings. The lowest BCUT2D eigenvalue weighted by molar-refractivity contribution is -0.312. The van der Waals surface area contributed by atoms with Crippen LogP contribution in [0.3, 0.4) is 0 Å². The van der Waals surface area contributed by atoms with E-state index in [-0.39, 0.29) is 21.5 Å². The van der Waals surface area contributed by atoms with Gasteiger partial charge in [0.05, 0.1) is 15.5 Å². The smallest absolute Gasteiger partial charge is 0.506 e. The van der Waals surface area contributed by atoms with Crippen molar-refractivity contribution in [2.45, 2.75) is 36.9 Å². The highest BCUT2D eigenvalue weighted by Crippen LogP contribution is 2.57. The van der Waals surface area contributed by atoms with Gasteiger partial charge < -0.3 is 19.7 Å². The first-order valence-corrected chi connectivity index (χ1v) is 9.03. The molecular weight excluding hydrogens is 379 g/mol. The summed E-state index contributed by atoms with van der Waals surface area (Å²) in [4.78, 5) is 11.6. The molecule has 2 aromatic rings. The molecule has 2 aromatic carbocycles. The minimum absolute atomic E-state index is 0.0364. The lowest BCUT2D eigenvalue weighted by Gasteiger charge is -2.55. The van der Waals surface area contributed by atoms with E-state index in [0.717, 1.165) is 24.0 Å². The zero-order valence-electron chi connectivity index (χ0n) is 13.7. The highest BCUT2D eigenvalue weighted by Gasteiger charge is 2.66. The summed E-state index contributed by atoms with van der Waals surface area (Å²) in [5.41, 5.74) is 0.636. The lowest BCUT2D eigenvalue weighted by Crippen LogP contribution is -2.65. The van der Waals surface area contributed by atoms with Crippen molar-refractivity contribution in [1.29, 1.82) is 0 Å². The van der Waals surface area contributed by atoms with E-state index in [1.54, 1.807) is 24.3 Å². The molecule has 5 nitrogen and oxygen atoms in total. The molecule has 26 heavy (non-hydrogen) atoms. The molecule has 0 unspecified atom stereocenters. The van der Waals surface area contributed by atoms with Gasteiger partial charge in [0.2, 0.25) is 0 Å². The van der Waals surface area contributed by atoms with Crippen LogP contribution in [0.5, 0.6) is 11.5 Å². The number of ether oxygens (including phenoxy) is 2. The number of hydrogen-bond acceptors (Lipinski definition) is 5. The highest BCUT2D eigenvalue weighted by atomic mass is 35.5. The highest BCUT2D eigenvalue weighted by molar-refractivity contribution is 6.32. The maximum absolute atomic E-state index is 11.6. The van der Waals surface area contributed by atoms with E-state index in [0.29, 0.717) is 12.8 Å². The van der Waals surface area contributed by atoms with Crippen LogP contribution in [0.2, 0.25) is 10.0 Å². The Balaban J connectivity index is 1.98. The Kier molecular flexibility index (Phi) is 3.97. The van der Waals surface area contributed by atoms with Crippen molar-refractivity contribution >= 4 is 29.4 Å². The van der Waals surface area contributed by atoms with Crippen LogP contribution in [-0.4, -0.2) is 22.2 Å². The molecule has 1 heterocycles. The van der Waals surface area contributed by atoms with Gasteiger partial charge in [-0.15, -0.1) is 0 Å². The van der Waals surface area contributed by atoms with Crippen molar-refractivity contribution in [3.63, 3.8) is 0 Å². The van der Waals surface area contributed by atoms with Crippen LogP contribution in [0.15, 0.2) is 36.4 Å². The molecule has 1 saturated heterocycles. The van der Waals surface area contributed by atoms with E-state index >= 15 is 0 Å². The minimum Gasteiger partial charge on any atom is -0.506 e. The van der Waals surface area contributed by atoms with Crippen molar-refractivity contribution in [2.24, 2.45) is 0 Å². The first-order chi connectivity index (χ1) is 12.4. The topological polar surface area (TPSA) is 76.0 Å². The van der Waals surface area contributed by atoms with Gasteiger partial charge in [-0.3, -0.25) is 0 Å². The molecule has 7 heteroatoms. The average Bonchev–Trinajstić information content (AvgIpc) is 2.59. The Labute approximate surface area is 160 Å². The van der Waals surface area contributed by atoms with Gasteiger partial charge in [0.25, 0.3) is 5.79 Å². The quantitative estimate of drug-likeness (QED) is 0.690. The number of halogens is 2. The third-order valence-electron chi connectivity index (χ3n) is 5.34. The number of benzene rings is 2. The first kappa shape index (κ1) is 17.3. The number of phenolic OH excluding ortho intramolecular Hbond substituents is 2. The maximum atomic E-state index is 11.6. The fourth-order valence-electron chi connectivity index (χ4n) is 4.14. The largest absolute Gasteiger partial charge is 0.515 e. The third kappa shape index (κ3) is 2.34. The lowest BCUT2D eigenvalue weighted by atomic mass is 9.60. The van der Waals surface area contributed by atoms with Crippen LogP contribution in [0, 0.1) is 0 Å². The number of carbonyl (C=O) groups is 1. The van der Waals surface area contributed by atoms with Crippen LogP contribution >= 0.6 is 23.2 Å². The zero-order chi connectivity index (χ0) is 18.5. The number of carbonyl (C=O) groups excluding carboxylic acids is 1.